The van der Waals surface area contributed by atoms with E-state index in [1.807, 2.05) is 39.0 Å². The quantitative estimate of drug-likeness (QED) is 0.508. The van der Waals surface area contributed by atoms with Gasteiger partial charge < -0.3 is 9.84 Å². The average molecular weight is 442 g/mol. The first-order valence-corrected chi connectivity index (χ1v) is 12.0. The Labute approximate surface area is 185 Å². The maximum absolute atomic E-state index is 12.8. The first kappa shape index (κ1) is 21.3. The molecule has 4 rings (SSSR count). The lowest BCUT2D eigenvalue weighted by Crippen LogP contribution is -2.35. The molecule has 30 heavy (non-hydrogen) atoms. The molecule has 0 amide bonds. The Morgan fingerprint density at radius 3 is 2.57 bits per heavy atom. The van der Waals surface area contributed by atoms with Crippen LogP contribution in [0.5, 0.6) is 0 Å². The van der Waals surface area contributed by atoms with Crippen molar-refractivity contribution in [2.75, 3.05) is 6.61 Å². The summed E-state index contributed by atoms with van der Waals surface area (Å²) in [4.78, 5) is 18.7. The Morgan fingerprint density at radius 2 is 1.90 bits per heavy atom. The van der Waals surface area contributed by atoms with Gasteiger partial charge in [-0.25, -0.2) is 4.98 Å². The molecule has 1 saturated carbocycles. The molecule has 3 atom stereocenters. The van der Waals surface area contributed by atoms with E-state index in [0.717, 1.165) is 33.8 Å². The first-order valence-electron chi connectivity index (χ1n) is 10.3. The van der Waals surface area contributed by atoms with Crippen LogP contribution in [0.4, 0.5) is 0 Å². The van der Waals surface area contributed by atoms with Crippen LogP contribution in [-0.4, -0.2) is 33.5 Å². The van der Waals surface area contributed by atoms with E-state index in [4.69, 9.17) is 9.72 Å². The minimum Gasteiger partial charge on any atom is -0.460 e. The number of ether oxygens (including phenoxy) is 1. The molecule has 0 aliphatic heterocycles. The van der Waals surface area contributed by atoms with Gasteiger partial charge in [-0.2, -0.15) is 0 Å². The maximum atomic E-state index is 12.8. The normalized spacial score (nSPS) is 21.8. The molecule has 1 N–H and O–H groups in total. The van der Waals surface area contributed by atoms with Crippen molar-refractivity contribution in [1.29, 1.82) is 0 Å². The highest BCUT2D eigenvalue weighted by Gasteiger charge is 2.43. The summed E-state index contributed by atoms with van der Waals surface area (Å²) >= 11 is 3.41. The van der Waals surface area contributed by atoms with E-state index in [1.165, 1.54) is 4.70 Å². The van der Waals surface area contributed by atoms with Crippen LogP contribution < -0.4 is 0 Å². The Kier molecular flexibility index (Phi) is 6.19. The predicted molar refractivity (Wildman–Crippen MR) is 124 cm³/mol. The summed E-state index contributed by atoms with van der Waals surface area (Å²) in [6.45, 7) is 5.68. The Bertz CT molecular complexity index is 990. The Balaban J connectivity index is 1.49. The number of hydrogen-bond acceptors (Lipinski definition) is 6. The van der Waals surface area contributed by atoms with Crippen LogP contribution in [0, 0.1) is 11.8 Å². The molecule has 1 aliphatic carbocycles. The zero-order valence-electron chi connectivity index (χ0n) is 17.5. The number of aliphatic hydroxyl groups excluding tert-OH is 1. The lowest BCUT2D eigenvalue weighted by Gasteiger charge is -2.27. The number of rotatable bonds is 5. The number of carbonyl (C=O) groups is 1. The summed E-state index contributed by atoms with van der Waals surface area (Å²) in [5.74, 6) is -0.495. The minimum atomic E-state index is -0.520. The number of benzene rings is 2. The molecule has 0 saturated heterocycles. The van der Waals surface area contributed by atoms with Gasteiger partial charge in [-0.1, -0.05) is 24.3 Å². The van der Waals surface area contributed by atoms with Crippen LogP contribution in [0.2, 0.25) is 0 Å². The molecule has 3 aromatic rings. The van der Waals surface area contributed by atoms with E-state index >= 15 is 0 Å². The van der Waals surface area contributed by atoms with E-state index < -0.39 is 5.60 Å². The predicted octanol–water partition coefficient (Wildman–Crippen LogP) is 5.78. The van der Waals surface area contributed by atoms with Crippen LogP contribution >= 0.6 is 23.1 Å². The Hall–Kier alpha value is -1.89. The summed E-state index contributed by atoms with van der Waals surface area (Å²) in [5, 5.41) is 10.9. The molecule has 158 valence electrons. The van der Waals surface area contributed by atoms with Crippen molar-refractivity contribution in [2.45, 2.75) is 49.4 Å². The lowest BCUT2D eigenvalue weighted by molar-refractivity contribution is -0.161. The van der Waals surface area contributed by atoms with Crippen molar-refractivity contribution in [3.05, 3.63) is 48.5 Å². The molecular formula is C24H27NO3S2. The molecule has 0 bridgehead atoms. The van der Waals surface area contributed by atoms with Crippen molar-refractivity contribution in [2.24, 2.45) is 11.8 Å². The Morgan fingerprint density at radius 1 is 1.17 bits per heavy atom. The van der Waals surface area contributed by atoms with Crippen LogP contribution in [0.25, 0.3) is 20.8 Å². The fourth-order valence-electron chi connectivity index (χ4n) is 3.94. The molecule has 6 heteroatoms. The van der Waals surface area contributed by atoms with Gasteiger partial charge in [0.1, 0.15) is 10.6 Å². The fourth-order valence-corrected chi connectivity index (χ4v) is 6.29. The second-order valence-electron chi connectivity index (χ2n) is 8.75. The van der Waals surface area contributed by atoms with Gasteiger partial charge in [0, 0.05) is 22.3 Å². The molecule has 0 spiro atoms. The fraction of sp³-hybridized carbons (Fsp3) is 0.417. The number of fused-ring (bicyclic) bond motifs is 1. The number of nitrogens with zero attached hydrogens (tertiary/aromatic N) is 1. The second kappa shape index (κ2) is 8.69. The summed E-state index contributed by atoms with van der Waals surface area (Å²) in [5.41, 5.74) is 1.61. The summed E-state index contributed by atoms with van der Waals surface area (Å²) in [6.07, 6.45) is 1.75. The van der Waals surface area contributed by atoms with E-state index in [2.05, 4.69) is 30.3 Å². The SMILES string of the molecule is CC(C)(C)OC(=O)[C@H]1[C@H](CO)CC[C@@H]1Sc1ccc(-c2nc3ccccc3s2)cc1. The van der Waals surface area contributed by atoms with Gasteiger partial charge in [-0.05, 0) is 63.8 Å². The number of hydrogen-bond donors (Lipinski definition) is 1. The van der Waals surface area contributed by atoms with Crippen molar-refractivity contribution in [1.82, 2.24) is 4.98 Å². The van der Waals surface area contributed by atoms with Crippen LogP contribution in [0.1, 0.15) is 33.6 Å². The highest BCUT2D eigenvalue weighted by atomic mass is 32.2. The molecule has 1 heterocycles. The monoisotopic (exact) mass is 441 g/mol. The molecule has 1 aliphatic rings. The summed E-state index contributed by atoms with van der Waals surface area (Å²) in [7, 11) is 0. The zero-order valence-corrected chi connectivity index (χ0v) is 19.1. The number of aromatic nitrogens is 1. The van der Waals surface area contributed by atoms with Gasteiger partial charge in [-0.3, -0.25) is 4.79 Å². The lowest BCUT2D eigenvalue weighted by atomic mass is 9.96. The summed E-state index contributed by atoms with van der Waals surface area (Å²) < 4.78 is 6.84. The molecule has 0 unspecified atom stereocenters. The first-order chi connectivity index (χ1) is 14.3. The number of thioether (sulfide) groups is 1. The van der Waals surface area contributed by atoms with Gasteiger partial charge in [0.2, 0.25) is 0 Å². The third kappa shape index (κ3) is 4.71. The standard InChI is InChI=1S/C24H27NO3S2/c1-24(2,3)28-23(27)21-16(14-26)10-13-20(21)29-17-11-8-15(9-12-17)22-25-18-6-4-5-7-19(18)30-22/h4-9,11-12,16,20-21,26H,10,13-14H2,1-3H3/t16-,20-,21-/m0/s1. The molecule has 1 fully saturated rings. The van der Waals surface area contributed by atoms with Gasteiger partial charge >= 0.3 is 5.97 Å². The van der Waals surface area contributed by atoms with Gasteiger partial charge in [-0.15, -0.1) is 23.1 Å². The average Bonchev–Trinajstić information content (AvgIpc) is 3.31. The highest BCUT2D eigenvalue weighted by molar-refractivity contribution is 8.00. The number of carbonyl (C=O) groups excluding carboxylic acids is 1. The van der Waals surface area contributed by atoms with E-state index in [9.17, 15) is 9.90 Å². The summed E-state index contributed by atoms with van der Waals surface area (Å²) in [6, 6.07) is 16.6. The second-order valence-corrected chi connectivity index (χ2v) is 11.1. The van der Waals surface area contributed by atoms with Crippen molar-refractivity contribution < 1.29 is 14.6 Å². The van der Waals surface area contributed by atoms with E-state index in [-0.39, 0.29) is 29.7 Å². The van der Waals surface area contributed by atoms with Crippen molar-refractivity contribution in [3.8, 4) is 10.6 Å². The van der Waals surface area contributed by atoms with Crippen LogP contribution in [-0.2, 0) is 9.53 Å². The zero-order chi connectivity index (χ0) is 21.3. The van der Waals surface area contributed by atoms with E-state index in [0.29, 0.717) is 0 Å². The minimum absolute atomic E-state index is 0.0253. The number of aliphatic hydroxyl groups is 1. The van der Waals surface area contributed by atoms with Crippen molar-refractivity contribution in [3.63, 3.8) is 0 Å². The van der Waals surface area contributed by atoms with Crippen LogP contribution in [0.3, 0.4) is 0 Å². The van der Waals surface area contributed by atoms with Crippen molar-refractivity contribution >= 4 is 39.3 Å². The highest BCUT2D eigenvalue weighted by Crippen LogP contribution is 2.44. The van der Waals surface area contributed by atoms with Crippen LogP contribution in [0.15, 0.2) is 53.4 Å². The molecule has 4 nitrogen and oxygen atoms in total. The van der Waals surface area contributed by atoms with Gasteiger partial charge in [0.05, 0.1) is 16.1 Å². The molecule has 2 aromatic carbocycles. The third-order valence-corrected chi connectivity index (χ3v) is 7.79. The van der Waals surface area contributed by atoms with Gasteiger partial charge in [0.15, 0.2) is 0 Å². The third-order valence-electron chi connectivity index (χ3n) is 5.33. The largest absolute Gasteiger partial charge is 0.460 e. The molecule has 1 aromatic heterocycles. The molecule has 0 radical (unpaired) electrons. The maximum Gasteiger partial charge on any atom is 0.310 e. The smallest absolute Gasteiger partial charge is 0.310 e. The molecular weight excluding hydrogens is 414 g/mol. The van der Waals surface area contributed by atoms with E-state index in [1.54, 1.807) is 23.1 Å². The number of thiazole rings is 1. The topological polar surface area (TPSA) is 59.4 Å². The number of esters is 1. The van der Waals surface area contributed by atoms with Gasteiger partial charge in [0.25, 0.3) is 0 Å². The number of para-hydroxylation sites is 1.